The molecule has 8 heteroatoms. The summed E-state index contributed by atoms with van der Waals surface area (Å²) in [6, 6.07) is 8.79. The van der Waals surface area contributed by atoms with E-state index in [1.165, 1.54) is 18.4 Å². The van der Waals surface area contributed by atoms with Gasteiger partial charge in [0.2, 0.25) is 5.91 Å². The van der Waals surface area contributed by atoms with Crippen molar-refractivity contribution >= 4 is 35.8 Å². The van der Waals surface area contributed by atoms with E-state index < -0.39 is 0 Å². The van der Waals surface area contributed by atoms with Crippen molar-refractivity contribution in [2.45, 2.75) is 38.6 Å². The van der Waals surface area contributed by atoms with Gasteiger partial charge in [0.25, 0.3) is 0 Å². The summed E-state index contributed by atoms with van der Waals surface area (Å²) >= 11 is 0. The predicted molar refractivity (Wildman–Crippen MR) is 136 cm³/mol. The summed E-state index contributed by atoms with van der Waals surface area (Å²) < 4.78 is 5.32. The number of ether oxygens (including phenoxy) is 1. The molecule has 2 unspecified atom stereocenters. The molecule has 1 aliphatic carbocycles. The zero-order valence-corrected chi connectivity index (χ0v) is 21.4. The van der Waals surface area contributed by atoms with Gasteiger partial charge in [-0.25, -0.2) is 0 Å². The number of benzene rings is 1. The molecule has 1 heterocycles. The zero-order chi connectivity index (χ0) is 21.3. The number of nitrogens with one attached hydrogen (secondary N) is 3. The highest BCUT2D eigenvalue weighted by Crippen LogP contribution is 2.35. The smallest absolute Gasteiger partial charge is 0.223 e. The first-order valence-corrected chi connectivity index (χ1v) is 11.3. The fraction of sp³-hybridized carbons (Fsp3) is 0.652. The van der Waals surface area contributed by atoms with E-state index in [0.29, 0.717) is 25.0 Å². The Kier molecular flexibility index (Phi) is 10.9. The van der Waals surface area contributed by atoms with Crippen LogP contribution in [0.4, 0.5) is 0 Å². The molecule has 0 spiro atoms. The number of methoxy groups -OCH3 is 1. The molecular weight excluding hydrogens is 505 g/mol. The van der Waals surface area contributed by atoms with Gasteiger partial charge in [0, 0.05) is 38.1 Å². The molecule has 3 N–H and O–H groups in total. The van der Waals surface area contributed by atoms with E-state index in [2.05, 4.69) is 47.0 Å². The number of piperidine rings is 1. The highest BCUT2D eigenvalue weighted by molar-refractivity contribution is 14.0. The van der Waals surface area contributed by atoms with Gasteiger partial charge in [0.15, 0.2) is 5.96 Å². The molecule has 3 rings (SSSR count). The molecule has 0 radical (unpaired) electrons. The molecule has 1 saturated heterocycles. The van der Waals surface area contributed by atoms with Crippen molar-refractivity contribution in [3.8, 4) is 5.75 Å². The normalized spacial score (nSPS) is 21.7. The Morgan fingerprint density at radius 3 is 2.48 bits per heavy atom. The maximum Gasteiger partial charge on any atom is 0.223 e. The molecule has 7 nitrogen and oxygen atoms in total. The molecule has 2 atom stereocenters. The maximum atomic E-state index is 11.8. The molecule has 1 aliphatic heterocycles. The lowest BCUT2D eigenvalue weighted by atomic mass is 9.85. The minimum absolute atomic E-state index is 0. The summed E-state index contributed by atoms with van der Waals surface area (Å²) in [6.45, 7) is 6.06. The van der Waals surface area contributed by atoms with E-state index in [4.69, 9.17) is 9.73 Å². The Balaban J connectivity index is 0.00000341. The monoisotopic (exact) mass is 543 g/mol. The molecule has 0 aromatic heterocycles. The summed E-state index contributed by atoms with van der Waals surface area (Å²) in [5, 5.41) is 9.66. The third-order valence-corrected chi connectivity index (χ3v) is 5.96. The van der Waals surface area contributed by atoms with Gasteiger partial charge >= 0.3 is 0 Å². The third kappa shape index (κ3) is 7.82. The van der Waals surface area contributed by atoms with Crippen molar-refractivity contribution in [2.75, 3.05) is 46.9 Å². The van der Waals surface area contributed by atoms with Crippen LogP contribution in [0.1, 0.15) is 44.2 Å². The van der Waals surface area contributed by atoms with Crippen molar-refractivity contribution < 1.29 is 9.53 Å². The second-order valence-corrected chi connectivity index (χ2v) is 8.31. The first kappa shape index (κ1) is 25.7. The van der Waals surface area contributed by atoms with Crippen LogP contribution in [0.15, 0.2) is 29.3 Å². The molecule has 1 aromatic carbocycles. The highest BCUT2D eigenvalue weighted by atomic mass is 127. The van der Waals surface area contributed by atoms with E-state index in [9.17, 15) is 4.79 Å². The average molecular weight is 543 g/mol. The van der Waals surface area contributed by atoms with Crippen molar-refractivity contribution in [1.29, 1.82) is 0 Å². The van der Waals surface area contributed by atoms with Gasteiger partial charge in [-0.3, -0.25) is 14.7 Å². The Morgan fingerprint density at radius 2 is 1.84 bits per heavy atom. The highest BCUT2D eigenvalue weighted by Gasteiger charge is 2.30. The van der Waals surface area contributed by atoms with E-state index >= 15 is 0 Å². The van der Waals surface area contributed by atoms with Crippen LogP contribution in [-0.4, -0.2) is 63.6 Å². The van der Waals surface area contributed by atoms with Crippen molar-refractivity contribution in [3.05, 3.63) is 29.8 Å². The summed E-state index contributed by atoms with van der Waals surface area (Å²) in [7, 11) is 3.91. The number of rotatable bonds is 9. The van der Waals surface area contributed by atoms with Gasteiger partial charge in [0.05, 0.1) is 7.11 Å². The van der Waals surface area contributed by atoms with E-state index in [0.717, 1.165) is 44.2 Å². The lowest BCUT2D eigenvalue weighted by Gasteiger charge is -2.39. The van der Waals surface area contributed by atoms with Crippen LogP contribution in [-0.2, 0) is 4.79 Å². The van der Waals surface area contributed by atoms with Crippen LogP contribution < -0.4 is 20.7 Å². The molecule has 2 fully saturated rings. The van der Waals surface area contributed by atoms with Gasteiger partial charge in [-0.15, -0.1) is 24.0 Å². The van der Waals surface area contributed by atoms with Crippen LogP contribution >= 0.6 is 24.0 Å². The van der Waals surface area contributed by atoms with Crippen LogP contribution in [0.2, 0.25) is 0 Å². The fourth-order valence-electron chi connectivity index (χ4n) is 4.19. The number of carbonyl (C=O) groups excluding carboxylic acids is 1. The Labute approximate surface area is 203 Å². The number of nitrogens with zero attached hydrogens (tertiary/aromatic N) is 2. The van der Waals surface area contributed by atoms with Crippen molar-refractivity contribution in [3.63, 3.8) is 0 Å². The van der Waals surface area contributed by atoms with Crippen LogP contribution in [0, 0.1) is 11.8 Å². The summed E-state index contributed by atoms with van der Waals surface area (Å²) in [4.78, 5) is 19.1. The molecule has 31 heavy (non-hydrogen) atoms. The molecular formula is C23H38IN5O2. The van der Waals surface area contributed by atoms with Gasteiger partial charge in [-0.2, -0.15) is 0 Å². The third-order valence-electron chi connectivity index (χ3n) is 5.96. The van der Waals surface area contributed by atoms with E-state index in [1.54, 1.807) is 7.11 Å². The number of guanidine groups is 1. The number of hydrogen-bond donors (Lipinski definition) is 3. The van der Waals surface area contributed by atoms with E-state index in [1.807, 2.05) is 12.1 Å². The van der Waals surface area contributed by atoms with E-state index in [-0.39, 0.29) is 35.8 Å². The predicted octanol–water partition coefficient (Wildman–Crippen LogP) is 2.78. The second kappa shape index (κ2) is 13.1. The molecule has 1 aromatic rings. The molecule has 1 amide bonds. The molecule has 2 aliphatic rings. The Bertz CT molecular complexity index is 708. The number of carbonyl (C=O) groups is 1. The van der Waals surface area contributed by atoms with Gasteiger partial charge in [0.1, 0.15) is 5.75 Å². The number of aliphatic imine (C=N–C) groups is 1. The van der Waals surface area contributed by atoms with Gasteiger partial charge in [-0.1, -0.05) is 12.1 Å². The lowest BCUT2D eigenvalue weighted by Crippen LogP contribution is -2.42. The number of likely N-dealkylation sites (tertiary alicyclic amines) is 1. The Hall–Kier alpha value is -1.55. The first-order chi connectivity index (χ1) is 14.6. The maximum absolute atomic E-state index is 11.8. The van der Waals surface area contributed by atoms with Gasteiger partial charge in [-0.05, 0) is 69.8 Å². The zero-order valence-electron chi connectivity index (χ0n) is 19.0. The van der Waals surface area contributed by atoms with Gasteiger partial charge < -0.3 is 20.7 Å². The number of halogens is 1. The topological polar surface area (TPSA) is 78.0 Å². The average Bonchev–Trinajstić information content (AvgIpc) is 3.60. The van der Waals surface area contributed by atoms with Crippen LogP contribution in [0.5, 0.6) is 5.75 Å². The number of hydrogen-bond acceptors (Lipinski definition) is 4. The molecule has 0 bridgehead atoms. The minimum Gasteiger partial charge on any atom is -0.497 e. The standard InChI is InChI=1S/C23H37N5O2.HI/c1-4-24-23(26-14-13-25-22(29)18-7-8-18)27-16-19-6-5-15-28(2)21(19)17-9-11-20(30-3)12-10-17;/h9-12,18-19,21H,4-8,13-16H2,1-3H3,(H,25,29)(H2,24,26,27);1H. The summed E-state index contributed by atoms with van der Waals surface area (Å²) in [5.74, 6) is 2.61. The summed E-state index contributed by atoms with van der Waals surface area (Å²) in [5.41, 5.74) is 1.32. The van der Waals surface area contributed by atoms with Crippen molar-refractivity contribution in [2.24, 2.45) is 16.8 Å². The van der Waals surface area contributed by atoms with Crippen LogP contribution in [0.3, 0.4) is 0 Å². The first-order valence-electron chi connectivity index (χ1n) is 11.3. The van der Waals surface area contributed by atoms with Crippen LogP contribution in [0.25, 0.3) is 0 Å². The lowest BCUT2D eigenvalue weighted by molar-refractivity contribution is -0.122. The largest absolute Gasteiger partial charge is 0.497 e. The number of amides is 1. The molecule has 174 valence electrons. The summed E-state index contributed by atoms with van der Waals surface area (Å²) in [6.07, 6.45) is 4.44. The fourth-order valence-corrected chi connectivity index (χ4v) is 4.19. The Morgan fingerprint density at radius 1 is 1.13 bits per heavy atom. The SMILES string of the molecule is CCNC(=NCC1CCCN(C)C1c1ccc(OC)cc1)NCCNC(=O)C1CC1.I. The van der Waals surface area contributed by atoms with Crippen molar-refractivity contribution in [1.82, 2.24) is 20.9 Å². The minimum atomic E-state index is 0. The quantitative estimate of drug-likeness (QED) is 0.193. The second-order valence-electron chi connectivity index (χ2n) is 8.31. The molecule has 1 saturated carbocycles.